The molecule has 0 bridgehead atoms. The van der Waals surface area contributed by atoms with Crippen molar-refractivity contribution in [2.75, 3.05) is 0 Å². The van der Waals surface area contributed by atoms with Gasteiger partial charge in [-0.15, -0.1) is 0 Å². The lowest BCUT2D eigenvalue weighted by Gasteiger charge is -2.28. The van der Waals surface area contributed by atoms with E-state index in [0.29, 0.717) is 11.3 Å². The lowest BCUT2D eigenvalue weighted by atomic mass is 9.81. The molecule has 0 aromatic carbocycles. The number of halogens is 3. The number of carboxylic acid groups (broad SMARTS) is 1. The van der Waals surface area contributed by atoms with Gasteiger partial charge in [0.15, 0.2) is 0 Å². The second-order valence-electron chi connectivity index (χ2n) is 5.04. The number of hydrogen-bond donors (Lipinski definition) is 1. The molecular weight excluding hydrogens is 259 g/mol. The van der Waals surface area contributed by atoms with Gasteiger partial charge in [-0.25, -0.2) is 0 Å². The molecule has 1 aromatic rings. The van der Waals surface area contributed by atoms with Crippen molar-refractivity contribution >= 4 is 5.97 Å². The summed E-state index contributed by atoms with van der Waals surface area (Å²) in [6.45, 7) is 1.73. The van der Waals surface area contributed by atoms with Gasteiger partial charge in [-0.3, -0.25) is 9.78 Å². The fourth-order valence-electron chi connectivity index (χ4n) is 2.46. The van der Waals surface area contributed by atoms with E-state index < -0.39 is 29.9 Å². The van der Waals surface area contributed by atoms with Crippen LogP contribution >= 0.6 is 0 Å². The lowest BCUT2D eigenvalue weighted by Crippen LogP contribution is -2.32. The summed E-state index contributed by atoms with van der Waals surface area (Å²) in [6, 6.07) is 3.15. The largest absolute Gasteiger partial charge is 0.481 e. The Morgan fingerprint density at radius 2 is 2.11 bits per heavy atom. The molecule has 0 amide bonds. The third-order valence-corrected chi connectivity index (χ3v) is 3.74. The van der Waals surface area contributed by atoms with Crippen LogP contribution in [0, 0.1) is 12.3 Å². The van der Waals surface area contributed by atoms with E-state index in [-0.39, 0.29) is 12.8 Å². The topological polar surface area (TPSA) is 50.2 Å². The van der Waals surface area contributed by atoms with Gasteiger partial charge in [-0.1, -0.05) is 6.07 Å². The molecule has 1 heterocycles. The molecule has 1 aliphatic rings. The Labute approximate surface area is 108 Å². The molecule has 0 aliphatic heterocycles. The number of alkyl halides is 3. The summed E-state index contributed by atoms with van der Waals surface area (Å²) in [7, 11) is 0. The van der Waals surface area contributed by atoms with E-state index in [1.807, 2.05) is 0 Å². The monoisotopic (exact) mass is 273 g/mol. The van der Waals surface area contributed by atoms with Gasteiger partial charge in [0.05, 0.1) is 11.8 Å². The zero-order chi connectivity index (χ0) is 14.3. The maximum atomic E-state index is 13.1. The molecular formula is C13H14F3NO2. The van der Waals surface area contributed by atoms with Crippen LogP contribution in [-0.4, -0.2) is 22.2 Å². The maximum Gasteiger partial charge on any atom is 0.395 e. The van der Waals surface area contributed by atoms with E-state index in [0.717, 1.165) is 0 Å². The van der Waals surface area contributed by atoms with Gasteiger partial charge in [0, 0.05) is 17.8 Å². The molecule has 3 nitrogen and oxygen atoms in total. The average molecular weight is 273 g/mol. The quantitative estimate of drug-likeness (QED) is 0.915. The van der Waals surface area contributed by atoms with Crippen LogP contribution in [0.4, 0.5) is 13.2 Å². The lowest BCUT2D eigenvalue weighted by molar-refractivity contribution is -0.195. The Bertz CT molecular complexity index is 478. The van der Waals surface area contributed by atoms with Crippen molar-refractivity contribution in [1.29, 1.82) is 0 Å². The molecule has 1 aromatic heterocycles. The Balaban J connectivity index is 2.37. The molecule has 1 atom stereocenters. The van der Waals surface area contributed by atoms with Crippen molar-refractivity contribution < 1.29 is 23.1 Å². The second-order valence-corrected chi connectivity index (χ2v) is 5.04. The maximum absolute atomic E-state index is 13.1. The highest BCUT2D eigenvalue weighted by Crippen LogP contribution is 2.66. The average Bonchev–Trinajstić information content (AvgIpc) is 3.07. The van der Waals surface area contributed by atoms with Crippen LogP contribution in [0.15, 0.2) is 18.3 Å². The number of aryl methyl sites for hydroxylation is 1. The third-order valence-electron chi connectivity index (χ3n) is 3.74. The summed E-state index contributed by atoms with van der Waals surface area (Å²) in [6.07, 6.45) is -3.57. The number of pyridine rings is 1. The molecule has 19 heavy (non-hydrogen) atoms. The normalized spacial score (nSPS) is 18.9. The minimum atomic E-state index is -4.38. The molecule has 0 saturated heterocycles. The highest BCUT2D eigenvalue weighted by Gasteiger charge is 2.67. The Hall–Kier alpha value is -1.59. The fraction of sp³-hybridized carbons (Fsp3) is 0.538. The van der Waals surface area contributed by atoms with Gasteiger partial charge in [0.25, 0.3) is 0 Å². The van der Waals surface area contributed by atoms with Crippen LogP contribution in [-0.2, 0) is 4.79 Å². The zero-order valence-corrected chi connectivity index (χ0v) is 10.4. The van der Waals surface area contributed by atoms with Gasteiger partial charge in [-0.05, 0) is 31.4 Å². The molecule has 0 unspecified atom stereocenters. The predicted octanol–water partition coefficient (Wildman–Crippen LogP) is 3.29. The minimum absolute atomic E-state index is 0.0116. The zero-order valence-electron chi connectivity index (χ0n) is 10.4. The van der Waals surface area contributed by atoms with Gasteiger partial charge in [0.1, 0.15) is 0 Å². The van der Waals surface area contributed by atoms with E-state index in [4.69, 9.17) is 5.11 Å². The van der Waals surface area contributed by atoms with Gasteiger partial charge in [-0.2, -0.15) is 13.2 Å². The molecule has 1 fully saturated rings. The first-order chi connectivity index (χ1) is 8.76. The van der Waals surface area contributed by atoms with Gasteiger partial charge in [0.2, 0.25) is 0 Å². The van der Waals surface area contributed by atoms with Crippen LogP contribution in [0.25, 0.3) is 0 Å². The molecule has 6 heteroatoms. The number of carboxylic acids is 1. The van der Waals surface area contributed by atoms with Gasteiger partial charge >= 0.3 is 12.1 Å². The number of aromatic nitrogens is 1. The van der Waals surface area contributed by atoms with Crippen molar-refractivity contribution in [3.63, 3.8) is 0 Å². The fourth-order valence-corrected chi connectivity index (χ4v) is 2.46. The van der Waals surface area contributed by atoms with Crippen molar-refractivity contribution in [2.45, 2.75) is 38.3 Å². The molecule has 0 spiro atoms. The summed E-state index contributed by atoms with van der Waals surface area (Å²) >= 11 is 0. The summed E-state index contributed by atoms with van der Waals surface area (Å²) in [4.78, 5) is 14.8. The Kier molecular flexibility index (Phi) is 3.28. The second kappa shape index (κ2) is 4.51. The Morgan fingerprint density at radius 3 is 2.47 bits per heavy atom. The summed E-state index contributed by atoms with van der Waals surface area (Å²) in [5.74, 6) is -2.28. The number of rotatable bonds is 4. The summed E-state index contributed by atoms with van der Waals surface area (Å²) in [5, 5.41) is 8.87. The SMILES string of the molecule is Cc1ccc([C@@H](CC(=O)O)C2(C(F)(F)F)CC2)cn1. The van der Waals surface area contributed by atoms with Crippen molar-refractivity contribution in [3.8, 4) is 0 Å². The van der Waals surface area contributed by atoms with Crippen LogP contribution in [0.1, 0.15) is 36.4 Å². The minimum Gasteiger partial charge on any atom is -0.481 e. The van der Waals surface area contributed by atoms with Crippen LogP contribution in [0.5, 0.6) is 0 Å². The number of nitrogens with zero attached hydrogens (tertiary/aromatic N) is 1. The van der Waals surface area contributed by atoms with E-state index in [1.54, 1.807) is 19.1 Å². The first-order valence-electron chi connectivity index (χ1n) is 5.97. The van der Waals surface area contributed by atoms with E-state index in [9.17, 15) is 18.0 Å². The molecule has 104 valence electrons. The van der Waals surface area contributed by atoms with Crippen molar-refractivity contribution in [3.05, 3.63) is 29.6 Å². The highest BCUT2D eigenvalue weighted by molar-refractivity contribution is 5.68. The Morgan fingerprint density at radius 1 is 1.47 bits per heavy atom. The summed E-state index contributed by atoms with van der Waals surface area (Å²) in [5.41, 5.74) is -0.847. The molecule has 0 radical (unpaired) electrons. The van der Waals surface area contributed by atoms with Crippen LogP contribution in [0.3, 0.4) is 0 Å². The van der Waals surface area contributed by atoms with E-state index >= 15 is 0 Å². The third kappa shape index (κ3) is 2.57. The first kappa shape index (κ1) is 13.8. The summed E-state index contributed by atoms with van der Waals surface area (Å²) < 4.78 is 39.4. The van der Waals surface area contributed by atoms with E-state index in [1.165, 1.54) is 6.20 Å². The smallest absolute Gasteiger partial charge is 0.395 e. The first-order valence-corrected chi connectivity index (χ1v) is 5.97. The van der Waals surface area contributed by atoms with Crippen molar-refractivity contribution in [1.82, 2.24) is 4.98 Å². The standard InChI is InChI=1S/C13H14F3NO2/c1-8-2-3-9(7-17-8)10(6-11(18)19)12(4-5-12)13(14,15)16/h2-3,7,10H,4-6H2,1H3,(H,18,19)/t10-/m1/s1. The van der Waals surface area contributed by atoms with Crippen molar-refractivity contribution in [2.24, 2.45) is 5.41 Å². The number of aliphatic carboxylic acids is 1. The number of carbonyl (C=O) groups is 1. The van der Waals surface area contributed by atoms with Crippen LogP contribution < -0.4 is 0 Å². The highest BCUT2D eigenvalue weighted by atomic mass is 19.4. The van der Waals surface area contributed by atoms with E-state index in [2.05, 4.69) is 4.98 Å². The molecule has 1 N–H and O–H groups in total. The predicted molar refractivity (Wildman–Crippen MR) is 61.7 cm³/mol. The molecule has 1 saturated carbocycles. The molecule has 2 rings (SSSR count). The number of hydrogen-bond acceptors (Lipinski definition) is 2. The molecule has 1 aliphatic carbocycles. The van der Waals surface area contributed by atoms with Gasteiger partial charge < -0.3 is 5.11 Å². The van der Waals surface area contributed by atoms with Crippen LogP contribution in [0.2, 0.25) is 0 Å².